The van der Waals surface area contributed by atoms with Gasteiger partial charge in [-0.15, -0.1) is 24.0 Å². The number of amides is 1. The van der Waals surface area contributed by atoms with Crippen molar-refractivity contribution in [3.8, 4) is 0 Å². The molecule has 1 saturated carbocycles. The molecular weight excluding hydrogens is 403 g/mol. The van der Waals surface area contributed by atoms with Crippen LogP contribution in [0.5, 0.6) is 0 Å². The zero-order valence-electron chi connectivity index (χ0n) is 14.7. The lowest BCUT2D eigenvalue weighted by Crippen LogP contribution is -2.53. The first-order valence-corrected chi connectivity index (χ1v) is 8.99. The van der Waals surface area contributed by atoms with Crippen molar-refractivity contribution in [3.05, 3.63) is 0 Å². The van der Waals surface area contributed by atoms with E-state index in [2.05, 4.69) is 17.1 Å². The van der Waals surface area contributed by atoms with Crippen molar-refractivity contribution in [1.82, 2.24) is 15.1 Å². The fraction of sp³-hybridized carbons (Fsp3) is 0.882. The van der Waals surface area contributed by atoms with Crippen molar-refractivity contribution >= 4 is 35.8 Å². The van der Waals surface area contributed by atoms with E-state index in [0.717, 1.165) is 51.1 Å². The number of rotatable bonds is 5. The van der Waals surface area contributed by atoms with E-state index in [1.807, 2.05) is 4.90 Å². The van der Waals surface area contributed by atoms with E-state index in [1.54, 1.807) is 6.92 Å². The van der Waals surface area contributed by atoms with E-state index in [-0.39, 0.29) is 29.9 Å². The Bertz CT molecular complexity index is 375. The molecule has 0 aromatic carbocycles. The van der Waals surface area contributed by atoms with Crippen molar-refractivity contribution in [2.75, 3.05) is 39.3 Å². The quantitative estimate of drug-likeness (QED) is 0.312. The van der Waals surface area contributed by atoms with Gasteiger partial charge >= 0.3 is 0 Å². The van der Waals surface area contributed by atoms with Gasteiger partial charge in [0, 0.05) is 46.2 Å². The van der Waals surface area contributed by atoms with Gasteiger partial charge in [-0.25, -0.2) is 0 Å². The summed E-state index contributed by atoms with van der Waals surface area (Å²) in [4.78, 5) is 20.4. The van der Waals surface area contributed by atoms with Crippen LogP contribution < -0.4 is 5.32 Å². The summed E-state index contributed by atoms with van der Waals surface area (Å²) in [6, 6.07) is 0. The average molecular weight is 436 g/mol. The van der Waals surface area contributed by atoms with Crippen molar-refractivity contribution in [2.45, 2.75) is 52.4 Å². The molecule has 1 heterocycles. The fourth-order valence-electron chi connectivity index (χ4n) is 3.52. The molecule has 0 unspecified atom stereocenters. The molecule has 1 N–H and O–H groups in total. The van der Waals surface area contributed by atoms with Crippen LogP contribution in [-0.2, 0) is 4.79 Å². The Hall–Kier alpha value is -0.530. The highest BCUT2D eigenvalue weighted by Gasteiger charge is 2.20. The summed E-state index contributed by atoms with van der Waals surface area (Å²) in [7, 11) is 0. The molecule has 0 atom stereocenters. The van der Waals surface area contributed by atoms with Crippen LogP contribution in [0.3, 0.4) is 0 Å². The maximum Gasteiger partial charge on any atom is 0.219 e. The molecule has 0 radical (unpaired) electrons. The van der Waals surface area contributed by atoms with Crippen LogP contribution in [0.4, 0.5) is 0 Å². The second kappa shape index (κ2) is 11.1. The number of aliphatic imine (C=N–C) groups is 1. The van der Waals surface area contributed by atoms with E-state index in [4.69, 9.17) is 4.99 Å². The van der Waals surface area contributed by atoms with Crippen LogP contribution in [-0.4, -0.2) is 60.9 Å². The van der Waals surface area contributed by atoms with Gasteiger partial charge in [0.05, 0.1) is 0 Å². The third-order valence-corrected chi connectivity index (χ3v) is 4.87. The van der Waals surface area contributed by atoms with Gasteiger partial charge in [-0.3, -0.25) is 9.79 Å². The second-order valence-corrected chi connectivity index (χ2v) is 6.52. The van der Waals surface area contributed by atoms with Crippen molar-refractivity contribution < 1.29 is 4.79 Å². The minimum Gasteiger partial charge on any atom is -0.357 e. The smallest absolute Gasteiger partial charge is 0.219 e. The lowest BCUT2D eigenvalue weighted by Gasteiger charge is -2.36. The molecule has 1 aliphatic carbocycles. The molecule has 2 fully saturated rings. The Morgan fingerprint density at radius 2 is 1.74 bits per heavy atom. The predicted molar refractivity (Wildman–Crippen MR) is 106 cm³/mol. The maximum atomic E-state index is 11.4. The topological polar surface area (TPSA) is 47.9 Å². The molecule has 0 aromatic heterocycles. The number of halogens is 1. The number of nitrogens with one attached hydrogen (secondary N) is 1. The van der Waals surface area contributed by atoms with Crippen LogP contribution in [0.2, 0.25) is 0 Å². The summed E-state index contributed by atoms with van der Waals surface area (Å²) in [6.45, 7) is 8.96. The van der Waals surface area contributed by atoms with Crippen LogP contribution in [0.25, 0.3) is 0 Å². The Balaban J connectivity index is 0.00000264. The molecule has 2 aliphatic rings. The van der Waals surface area contributed by atoms with Crippen molar-refractivity contribution in [3.63, 3.8) is 0 Å². The second-order valence-electron chi connectivity index (χ2n) is 6.52. The Kier molecular flexibility index (Phi) is 9.90. The highest BCUT2D eigenvalue weighted by atomic mass is 127. The van der Waals surface area contributed by atoms with Crippen LogP contribution in [0.15, 0.2) is 4.99 Å². The summed E-state index contributed by atoms with van der Waals surface area (Å²) in [5.41, 5.74) is 0. The van der Waals surface area contributed by atoms with Gasteiger partial charge in [0.15, 0.2) is 5.96 Å². The summed E-state index contributed by atoms with van der Waals surface area (Å²) >= 11 is 0. The molecule has 6 heteroatoms. The standard InChI is InChI=1S/C17H32N4O.HI/c1-3-18-17(19-10-6-9-16-7-4-5-8-16)21-13-11-20(12-14-21)15(2)22;/h16H,3-14H2,1-2H3,(H,18,19);1H. The maximum absolute atomic E-state index is 11.4. The Morgan fingerprint density at radius 1 is 1.13 bits per heavy atom. The highest BCUT2D eigenvalue weighted by Crippen LogP contribution is 2.28. The third kappa shape index (κ3) is 6.85. The van der Waals surface area contributed by atoms with Crippen LogP contribution in [0, 0.1) is 5.92 Å². The van der Waals surface area contributed by atoms with Crippen molar-refractivity contribution in [2.24, 2.45) is 10.9 Å². The Labute approximate surface area is 158 Å². The molecule has 23 heavy (non-hydrogen) atoms. The molecule has 134 valence electrons. The van der Waals surface area contributed by atoms with Gasteiger partial charge in [-0.2, -0.15) is 0 Å². The van der Waals surface area contributed by atoms with Gasteiger partial charge < -0.3 is 15.1 Å². The molecule has 0 spiro atoms. The zero-order valence-corrected chi connectivity index (χ0v) is 17.1. The van der Waals surface area contributed by atoms with Gasteiger partial charge in [-0.05, 0) is 25.7 Å². The average Bonchev–Trinajstić information content (AvgIpc) is 3.04. The number of carbonyl (C=O) groups excluding carboxylic acids is 1. The van der Waals surface area contributed by atoms with Gasteiger partial charge in [-0.1, -0.05) is 25.7 Å². The van der Waals surface area contributed by atoms with E-state index >= 15 is 0 Å². The first-order chi connectivity index (χ1) is 10.7. The van der Waals surface area contributed by atoms with Crippen LogP contribution in [0.1, 0.15) is 52.4 Å². The highest BCUT2D eigenvalue weighted by molar-refractivity contribution is 14.0. The minimum absolute atomic E-state index is 0. The lowest BCUT2D eigenvalue weighted by atomic mass is 10.0. The molecular formula is C17H33IN4O. The van der Waals surface area contributed by atoms with Gasteiger partial charge in [0.2, 0.25) is 5.91 Å². The lowest BCUT2D eigenvalue weighted by molar-refractivity contribution is -0.130. The third-order valence-electron chi connectivity index (χ3n) is 4.87. The SMILES string of the molecule is CCNC(=NCCCC1CCCC1)N1CCN(C(C)=O)CC1.I. The first-order valence-electron chi connectivity index (χ1n) is 8.99. The van der Waals surface area contributed by atoms with E-state index in [1.165, 1.54) is 38.5 Å². The van der Waals surface area contributed by atoms with Gasteiger partial charge in [0.1, 0.15) is 0 Å². The largest absolute Gasteiger partial charge is 0.357 e. The number of guanidine groups is 1. The van der Waals surface area contributed by atoms with E-state index in [9.17, 15) is 4.79 Å². The normalized spacial score (nSPS) is 19.7. The summed E-state index contributed by atoms with van der Waals surface area (Å²) < 4.78 is 0. The monoisotopic (exact) mass is 436 g/mol. The fourth-order valence-corrected chi connectivity index (χ4v) is 3.52. The molecule has 0 bridgehead atoms. The zero-order chi connectivity index (χ0) is 15.8. The van der Waals surface area contributed by atoms with E-state index < -0.39 is 0 Å². The summed E-state index contributed by atoms with van der Waals surface area (Å²) in [6.07, 6.45) is 8.25. The Morgan fingerprint density at radius 3 is 2.30 bits per heavy atom. The molecule has 2 rings (SSSR count). The number of piperazine rings is 1. The van der Waals surface area contributed by atoms with Crippen molar-refractivity contribution in [1.29, 1.82) is 0 Å². The number of carbonyl (C=O) groups is 1. The number of hydrogen-bond acceptors (Lipinski definition) is 2. The summed E-state index contributed by atoms with van der Waals surface area (Å²) in [5.74, 6) is 2.16. The van der Waals surface area contributed by atoms with E-state index in [0.29, 0.717) is 0 Å². The van der Waals surface area contributed by atoms with Gasteiger partial charge in [0.25, 0.3) is 0 Å². The molecule has 0 aromatic rings. The van der Waals surface area contributed by atoms with Crippen LogP contribution >= 0.6 is 24.0 Å². The predicted octanol–water partition coefficient (Wildman–Crippen LogP) is 2.70. The first kappa shape index (κ1) is 20.5. The summed E-state index contributed by atoms with van der Waals surface area (Å²) in [5, 5.41) is 3.40. The number of nitrogens with zero attached hydrogens (tertiary/aromatic N) is 3. The molecule has 1 amide bonds. The molecule has 1 saturated heterocycles. The number of hydrogen-bond donors (Lipinski definition) is 1. The molecule has 1 aliphatic heterocycles. The minimum atomic E-state index is 0. The molecule has 5 nitrogen and oxygen atoms in total.